The third-order valence-electron chi connectivity index (χ3n) is 3.74. The highest BCUT2D eigenvalue weighted by molar-refractivity contribution is 5.71. The average molecular weight is 299 g/mol. The Labute approximate surface area is 128 Å². The lowest BCUT2D eigenvalue weighted by Gasteiger charge is -2.09. The molecule has 0 aliphatic carbocycles. The quantitative estimate of drug-likeness (QED) is 0.709. The minimum atomic E-state index is -0.0397. The first-order chi connectivity index (χ1) is 10.8. The van der Waals surface area contributed by atoms with E-state index < -0.39 is 0 Å². The van der Waals surface area contributed by atoms with Crippen LogP contribution in [0.1, 0.15) is 11.4 Å². The Hall–Kier alpha value is -2.53. The Balaban J connectivity index is 2.02. The normalized spacial score (nSPS) is 10.9. The topological polar surface area (TPSA) is 58.4 Å². The molecule has 5 nitrogen and oxygen atoms in total. The molecule has 0 aliphatic heterocycles. The van der Waals surface area contributed by atoms with Crippen LogP contribution in [0, 0.1) is 0 Å². The lowest BCUT2D eigenvalue weighted by Crippen LogP contribution is -2.37. The zero-order valence-electron chi connectivity index (χ0n) is 12.7. The standard InChI is InChI=1S/C17H18N2O3/c1-21-15-8-7-12(9-16(15)22-2)10-19-14-6-4-3-5-13(14)18-17(19)11-20/h3-9,20H,10-11H2,1-2H3/p+1. The van der Waals surface area contributed by atoms with Gasteiger partial charge in [-0.3, -0.25) is 0 Å². The van der Waals surface area contributed by atoms with E-state index in [2.05, 4.69) is 9.55 Å². The molecule has 0 saturated heterocycles. The molecule has 22 heavy (non-hydrogen) atoms. The summed E-state index contributed by atoms with van der Waals surface area (Å²) in [5.74, 6) is 2.18. The molecule has 0 radical (unpaired) electrons. The zero-order chi connectivity index (χ0) is 15.5. The molecule has 2 aromatic carbocycles. The Morgan fingerprint density at radius 2 is 1.82 bits per heavy atom. The number of hydrogen-bond acceptors (Lipinski definition) is 3. The van der Waals surface area contributed by atoms with Crippen LogP contribution >= 0.6 is 0 Å². The van der Waals surface area contributed by atoms with Crippen LogP contribution in [0.4, 0.5) is 0 Å². The lowest BCUT2D eigenvalue weighted by molar-refractivity contribution is -0.672. The van der Waals surface area contributed by atoms with Gasteiger partial charge in [-0.2, -0.15) is 0 Å². The van der Waals surface area contributed by atoms with Crippen molar-refractivity contribution in [3.63, 3.8) is 0 Å². The maximum Gasteiger partial charge on any atom is 0.281 e. The predicted molar refractivity (Wildman–Crippen MR) is 83.1 cm³/mol. The second-order valence-corrected chi connectivity index (χ2v) is 5.02. The zero-order valence-corrected chi connectivity index (χ0v) is 12.7. The first-order valence-corrected chi connectivity index (χ1v) is 7.08. The SMILES string of the molecule is COc1ccc(C[n+]2c(CO)[nH]c3ccccc32)cc1OC. The van der Waals surface area contributed by atoms with Gasteiger partial charge in [-0.1, -0.05) is 18.2 Å². The summed E-state index contributed by atoms with van der Waals surface area (Å²) in [6, 6.07) is 13.8. The number of fused-ring (bicyclic) bond motifs is 1. The number of nitrogens with zero attached hydrogens (tertiary/aromatic N) is 1. The van der Waals surface area contributed by atoms with E-state index in [1.807, 2.05) is 42.5 Å². The molecule has 114 valence electrons. The van der Waals surface area contributed by atoms with Crippen molar-refractivity contribution >= 4 is 11.0 Å². The van der Waals surface area contributed by atoms with E-state index in [4.69, 9.17) is 9.47 Å². The molecule has 3 rings (SSSR count). The number of aliphatic hydroxyl groups is 1. The summed E-state index contributed by atoms with van der Waals surface area (Å²) in [6.45, 7) is 0.599. The van der Waals surface area contributed by atoms with E-state index in [9.17, 15) is 5.11 Å². The number of benzene rings is 2. The smallest absolute Gasteiger partial charge is 0.281 e. The first kappa shape index (κ1) is 14.4. The number of aliphatic hydroxyl groups excluding tert-OH is 1. The third-order valence-corrected chi connectivity index (χ3v) is 3.74. The van der Waals surface area contributed by atoms with E-state index in [0.29, 0.717) is 18.0 Å². The van der Waals surface area contributed by atoms with Gasteiger partial charge in [0.25, 0.3) is 5.82 Å². The van der Waals surface area contributed by atoms with Crippen LogP contribution in [-0.2, 0) is 13.2 Å². The number of nitrogens with one attached hydrogen (secondary N) is 1. The monoisotopic (exact) mass is 299 g/mol. The molecule has 0 saturated carbocycles. The van der Waals surface area contributed by atoms with Crippen LogP contribution < -0.4 is 14.0 Å². The van der Waals surface area contributed by atoms with Gasteiger partial charge in [-0.25, -0.2) is 9.55 Å². The van der Waals surface area contributed by atoms with E-state index in [0.717, 1.165) is 22.4 Å². The Morgan fingerprint density at radius 1 is 1.05 bits per heavy atom. The number of methoxy groups -OCH3 is 2. The van der Waals surface area contributed by atoms with Gasteiger partial charge in [0, 0.05) is 0 Å². The second kappa shape index (κ2) is 6.07. The van der Waals surface area contributed by atoms with Gasteiger partial charge in [0.1, 0.15) is 13.2 Å². The number of aromatic nitrogens is 2. The Bertz CT molecular complexity index is 796. The molecule has 0 aliphatic rings. The highest BCUT2D eigenvalue weighted by atomic mass is 16.5. The molecule has 5 heteroatoms. The van der Waals surface area contributed by atoms with E-state index >= 15 is 0 Å². The van der Waals surface area contributed by atoms with Crippen LogP contribution in [0.15, 0.2) is 42.5 Å². The van der Waals surface area contributed by atoms with Crippen molar-refractivity contribution in [2.75, 3.05) is 14.2 Å². The fourth-order valence-corrected chi connectivity index (χ4v) is 2.65. The van der Waals surface area contributed by atoms with Crippen molar-refractivity contribution in [2.45, 2.75) is 13.2 Å². The number of imidazole rings is 1. The number of aromatic amines is 1. The maximum atomic E-state index is 9.58. The van der Waals surface area contributed by atoms with Crippen LogP contribution in [0.5, 0.6) is 11.5 Å². The van der Waals surface area contributed by atoms with Crippen molar-refractivity contribution in [3.05, 3.63) is 53.9 Å². The van der Waals surface area contributed by atoms with Crippen LogP contribution in [0.3, 0.4) is 0 Å². The molecule has 0 atom stereocenters. The number of H-pyrrole nitrogens is 1. The van der Waals surface area contributed by atoms with E-state index in [-0.39, 0.29) is 6.61 Å². The fourth-order valence-electron chi connectivity index (χ4n) is 2.65. The van der Waals surface area contributed by atoms with Gasteiger partial charge < -0.3 is 14.6 Å². The van der Waals surface area contributed by atoms with Gasteiger partial charge in [0.2, 0.25) is 0 Å². The molecular weight excluding hydrogens is 280 g/mol. The lowest BCUT2D eigenvalue weighted by atomic mass is 10.2. The minimum Gasteiger partial charge on any atom is -0.493 e. The summed E-state index contributed by atoms with van der Waals surface area (Å²) in [5, 5.41) is 9.58. The number of rotatable bonds is 5. The van der Waals surface area contributed by atoms with E-state index in [1.54, 1.807) is 14.2 Å². The van der Waals surface area contributed by atoms with Crippen LogP contribution in [0.25, 0.3) is 11.0 Å². The summed E-state index contributed by atoms with van der Waals surface area (Å²) < 4.78 is 12.7. The van der Waals surface area contributed by atoms with Crippen molar-refractivity contribution < 1.29 is 19.1 Å². The molecule has 0 bridgehead atoms. The summed E-state index contributed by atoms with van der Waals surface area (Å²) in [6.07, 6.45) is 0. The molecule has 0 amide bonds. The predicted octanol–water partition coefficient (Wildman–Crippen LogP) is 2.01. The molecule has 2 N–H and O–H groups in total. The molecule has 1 aromatic heterocycles. The maximum absolute atomic E-state index is 9.58. The third kappa shape index (κ3) is 2.51. The molecule has 0 fully saturated rings. The van der Waals surface area contributed by atoms with Gasteiger partial charge in [-0.05, 0) is 29.8 Å². The molecule has 0 spiro atoms. The van der Waals surface area contributed by atoms with E-state index in [1.165, 1.54) is 0 Å². The Morgan fingerprint density at radius 3 is 2.55 bits per heavy atom. The Kier molecular flexibility index (Phi) is 3.98. The van der Waals surface area contributed by atoms with Gasteiger partial charge in [0.05, 0.1) is 14.2 Å². The van der Waals surface area contributed by atoms with Gasteiger partial charge in [0.15, 0.2) is 22.5 Å². The van der Waals surface area contributed by atoms with Crippen molar-refractivity contribution in [1.29, 1.82) is 0 Å². The molecular formula is C17H19N2O3+. The van der Waals surface area contributed by atoms with Gasteiger partial charge in [-0.15, -0.1) is 0 Å². The second-order valence-electron chi connectivity index (χ2n) is 5.02. The van der Waals surface area contributed by atoms with Crippen molar-refractivity contribution in [3.8, 4) is 11.5 Å². The summed E-state index contributed by atoms with van der Waals surface area (Å²) in [5.41, 5.74) is 3.13. The minimum absolute atomic E-state index is 0.0397. The average Bonchev–Trinajstić information content (AvgIpc) is 2.92. The number of para-hydroxylation sites is 2. The number of ether oxygens (including phenoxy) is 2. The fraction of sp³-hybridized carbons (Fsp3) is 0.235. The van der Waals surface area contributed by atoms with Crippen molar-refractivity contribution in [1.82, 2.24) is 4.98 Å². The largest absolute Gasteiger partial charge is 0.493 e. The first-order valence-electron chi connectivity index (χ1n) is 7.08. The summed E-state index contributed by atoms with van der Waals surface area (Å²) >= 11 is 0. The van der Waals surface area contributed by atoms with Crippen molar-refractivity contribution in [2.24, 2.45) is 0 Å². The number of hydrogen-bond donors (Lipinski definition) is 2. The highest BCUT2D eigenvalue weighted by Crippen LogP contribution is 2.27. The summed E-state index contributed by atoms with van der Waals surface area (Å²) in [7, 11) is 3.25. The molecule has 0 unspecified atom stereocenters. The molecule has 1 heterocycles. The van der Waals surface area contributed by atoms with Crippen LogP contribution in [-0.4, -0.2) is 24.3 Å². The summed E-state index contributed by atoms with van der Waals surface area (Å²) in [4.78, 5) is 3.24. The van der Waals surface area contributed by atoms with Gasteiger partial charge >= 0.3 is 0 Å². The van der Waals surface area contributed by atoms with Crippen LogP contribution in [0.2, 0.25) is 0 Å². The molecule has 3 aromatic rings. The highest BCUT2D eigenvalue weighted by Gasteiger charge is 2.18.